The Balaban J connectivity index is 1.16. The molecule has 2 heterocycles. The summed E-state index contributed by atoms with van der Waals surface area (Å²) >= 11 is 6.51. The topological polar surface area (TPSA) is 62.7 Å². The summed E-state index contributed by atoms with van der Waals surface area (Å²) in [5.41, 5.74) is 1.65. The highest BCUT2D eigenvalue weighted by Crippen LogP contribution is 2.35. The van der Waals surface area contributed by atoms with Crippen molar-refractivity contribution >= 4 is 32.5 Å². The molecule has 1 saturated carbocycles. The number of ether oxygens (including phenoxy) is 1. The molecular weight excluding hydrogens is 470 g/mol. The highest BCUT2D eigenvalue weighted by molar-refractivity contribution is 7.89. The van der Waals surface area contributed by atoms with Gasteiger partial charge in [0.15, 0.2) is 0 Å². The summed E-state index contributed by atoms with van der Waals surface area (Å²) in [7, 11) is -1.98. The van der Waals surface area contributed by atoms with Gasteiger partial charge in [0.05, 0.1) is 11.6 Å². The number of likely N-dealkylation sites (tertiary alicyclic amines) is 1. The van der Waals surface area contributed by atoms with Crippen molar-refractivity contribution in [1.29, 1.82) is 0 Å². The summed E-state index contributed by atoms with van der Waals surface area (Å²) < 4.78 is 34.0. The fourth-order valence-electron chi connectivity index (χ4n) is 4.94. The molecule has 1 aliphatic heterocycles. The first-order chi connectivity index (χ1) is 16.4. The van der Waals surface area contributed by atoms with E-state index in [4.69, 9.17) is 16.3 Å². The van der Waals surface area contributed by atoms with E-state index in [2.05, 4.69) is 16.0 Å². The molecule has 8 heteroatoms. The van der Waals surface area contributed by atoms with Gasteiger partial charge >= 0.3 is 0 Å². The third-order valence-corrected chi connectivity index (χ3v) is 9.12. The van der Waals surface area contributed by atoms with Crippen molar-refractivity contribution in [2.75, 3.05) is 26.7 Å². The molecule has 5 rings (SSSR count). The van der Waals surface area contributed by atoms with Crippen molar-refractivity contribution < 1.29 is 13.2 Å². The van der Waals surface area contributed by atoms with Crippen molar-refractivity contribution in [3.63, 3.8) is 0 Å². The second kappa shape index (κ2) is 9.82. The Labute approximate surface area is 206 Å². The number of hydrogen-bond acceptors (Lipinski definition) is 5. The lowest BCUT2D eigenvalue weighted by Crippen LogP contribution is -2.41. The molecule has 3 aromatic rings. The van der Waals surface area contributed by atoms with E-state index in [-0.39, 0.29) is 16.9 Å². The molecule has 1 aliphatic carbocycles. The number of halogens is 1. The lowest BCUT2D eigenvalue weighted by molar-refractivity contribution is 0.0575. The van der Waals surface area contributed by atoms with Gasteiger partial charge < -0.3 is 4.74 Å². The summed E-state index contributed by atoms with van der Waals surface area (Å²) in [6.07, 6.45) is 5.87. The molecule has 0 N–H and O–H groups in total. The second-order valence-corrected chi connectivity index (χ2v) is 11.9. The maximum absolute atomic E-state index is 13.2. The van der Waals surface area contributed by atoms with Crippen LogP contribution >= 0.6 is 11.6 Å². The Kier molecular flexibility index (Phi) is 6.80. The van der Waals surface area contributed by atoms with Gasteiger partial charge in [0, 0.05) is 36.7 Å². The van der Waals surface area contributed by atoms with Gasteiger partial charge in [-0.05, 0) is 74.5 Å². The van der Waals surface area contributed by atoms with Gasteiger partial charge in [-0.15, -0.1) is 0 Å². The Morgan fingerprint density at radius 2 is 1.88 bits per heavy atom. The van der Waals surface area contributed by atoms with Crippen LogP contribution in [0, 0.1) is 5.92 Å². The molecule has 0 radical (unpaired) electrons. The number of para-hydroxylation sites is 1. The molecule has 34 heavy (non-hydrogen) atoms. The van der Waals surface area contributed by atoms with Gasteiger partial charge in [-0.3, -0.25) is 9.88 Å². The zero-order chi connectivity index (χ0) is 23.7. The summed E-state index contributed by atoms with van der Waals surface area (Å²) in [6.45, 7) is 3.62. The average molecular weight is 500 g/mol. The fourth-order valence-corrected chi connectivity index (χ4v) is 6.58. The predicted octanol–water partition coefficient (Wildman–Crippen LogP) is 4.96. The van der Waals surface area contributed by atoms with Crippen LogP contribution < -0.4 is 4.74 Å². The number of rotatable bonds is 8. The number of pyridine rings is 1. The van der Waals surface area contributed by atoms with E-state index >= 15 is 0 Å². The lowest BCUT2D eigenvalue weighted by atomic mass is 9.82. The van der Waals surface area contributed by atoms with E-state index < -0.39 is 10.0 Å². The molecule has 2 aliphatic rings. The molecule has 0 atom stereocenters. The Morgan fingerprint density at radius 3 is 2.65 bits per heavy atom. The molecule has 0 bridgehead atoms. The maximum Gasteiger partial charge on any atom is 0.244 e. The first-order valence-electron chi connectivity index (χ1n) is 11.9. The number of aromatic nitrogens is 1. The Morgan fingerprint density at radius 1 is 1.12 bits per heavy atom. The standard InChI is InChI=1S/C26H30ClN3O3S/c1-29(34(31,32)25-8-4-6-20-7-5-11-28-26(20)25)17-19-14-23(15-19)33-22-10-9-21(24(27)16-22)18-30-12-2-3-13-30/h4-11,16,19,23H,2-3,12-15,17-18H2,1H3. The zero-order valence-corrected chi connectivity index (χ0v) is 20.9. The van der Waals surface area contributed by atoms with E-state index in [1.54, 1.807) is 25.4 Å². The molecule has 6 nitrogen and oxygen atoms in total. The summed E-state index contributed by atoms with van der Waals surface area (Å²) in [6, 6.07) is 14.9. The molecule has 2 fully saturated rings. The van der Waals surface area contributed by atoms with Crippen LogP contribution in [0.15, 0.2) is 59.6 Å². The number of sulfonamides is 1. The first kappa shape index (κ1) is 23.5. The monoisotopic (exact) mass is 499 g/mol. The third-order valence-electron chi connectivity index (χ3n) is 6.91. The molecule has 1 saturated heterocycles. The minimum atomic E-state index is -3.63. The SMILES string of the molecule is CN(CC1CC(Oc2ccc(CN3CCCC3)c(Cl)c2)C1)S(=O)(=O)c1cccc2cccnc12. The van der Waals surface area contributed by atoms with Gasteiger partial charge in [0.2, 0.25) is 10.0 Å². The van der Waals surface area contributed by atoms with Gasteiger partial charge in [-0.25, -0.2) is 12.7 Å². The quantitative estimate of drug-likeness (QED) is 0.438. The van der Waals surface area contributed by atoms with Crippen LogP contribution in [-0.2, 0) is 16.6 Å². The largest absolute Gasteiger partial charge is 0.490 e. The van der Waals surface area contributed by atoms with Gasteiger partial charge in [-0.1, -0.05) is 35.9 Å². The second-order valence-electron chi connectivity index (χ2n) is 9.43. The molecule has 0 spiro atoms. The molecule has 0 unspecified atom stereocenters. The summed E-state index contributed by atoms with van der Waals surface area (Å²) in [5, 5.41) is 1.56. The third kappa shape index (κ3) is 4.93. The first-order valence-corrected chi connectivity index (χ1v) is 13.7. The average Bonchev–Trinajstić information content (AvgIpc) is 3.32. The number of benzene rings is 2. The van der Waals surface area contributed by atoms with Crippen molar-refractivity contribution in [3.05, 3.63) is 65.3 Å². The molecular formula is C26H30ClN3O3S. The van der Waals surface area contributed by atoms with Crippen LogP contribution in [0.3, 0.4) is 0 Å². The summed E-state index contributed by atoms with van der Waals surface area (Å²) in [5.74, 6) is 1.04. The van der Waals surface area contributed by atoms with Gasteiger partial charge in [0.25, 0.3) is 0 Å². The van der Waals surface area contributed by atoms with Crippen LogP contribution in [0.25, 0.3) is 10.9 Å². The van der Waals surface area contributed by atoms with Crippen LogP contribution in [0.5, 0.6) is 5.75 Å². The molecule has 0 amide bonds. The molecule has 180 valence electrons. The van der Waals surface area contributed by atoms with Gasteiger partial charge in [-0.2, -0.15) is 0 Å². The maximum atomic E-state index is 13.2. The highest BCUT2D eigenvalue weighted by Gasteiger charge is 2.35. The van der Waals surface area contributed by atoms with E-state index in [1.165, 1.54) is 17.1 Å². The van der Waals surface area contributed by atoms with Crippen LogP contribution in [0.2, 0.25) is 5.02 Å². The lowest BCUT2D eigenvalue weighted by Gasteiger charge is -2.37. The zero-order valence-electron chi connectivity index (χ0n) is 19.4. The van der Waals surface area contributed by atoms with Crippen molar-refractivity contribution in [2.24, 2.45) is 5.92 Å². The van der Waals surface area contributed by atoms with E-state index in [1.807, 2.05) is 30.3 Å². The molecule has 2 aromatic carbocycles. The minimum Gasteiger partial charge on any atom is -0.490 e. The Bertz CT molecular complexity index is 1270. The van der Waals surface area contributed by atoms with Crippen molar-refractivity contribution in [2.45, 2.75) is 43.2 Å². The summed E-state index contributed by atoms with van der Waals surface area (Å²) in [4.78, 5) is 6.99. The van der Waals surface area contributed by atoms with Crippen LogP contribution in [-0.4, -0.2) is 55.4 Å². The number of hydrogen-bond donors (Lipinski definition) is 0. The highest BCUT2D eigenvalue weighted by atomic mass is 35.5. The van der Waals surface area contributed by atoms with E-state index in [9.17, 15) is 8.42 Å². The van der Waals surface area contributed by atoms with Crippen molar-refractivity contribution in [1.82, 2.24) is 14.2 Å². The number of fused-ring (bicyclic) bond motifs is 1. The van der Waals surface area contributed by atoms with Crippen LogP contribution in [0.1, 0.15) is 31.2 Å². The minimum absolute atomic E-state index is 0.0841. The predicted molar refractivity (Wildman–Crippen MR) is 135 cm³/mol. The fraction of sp³-hybridized carbons (Fsp3) is 0.423. The van der Waals surface area contributed by atoms with Gasteiger partial charge in [0.1, 0.15) is 10.6 Å². The Hall–Kier alpha value is -2.19. The number of nitrogens with zero attached hydrogens (tertiary/aromatic N) is 3. The van der Waals surface area contributed by atoms with Crippen molar-refractivity contribution in [3.8, 4) is 5.75 Å². The normalized spacial score (nSPS) is 21.1. The molecule has 1 aromatic heterocycles. The van der Waals surface area contributed by atoms with E-state index in [0.29, 0.717) is 12.1 Å². The smallest absolute Gasteiger partial charge is 0.244 e. The van der Waals surface area contributed by atoms with E-state index in [0.717, 1.165) is 54.2 Å². The van der Waals surface area contributed by atoms with Crippen LogP contribution in [0.4, 0.5) is 0 Å².